The average molecular weight is 359 g/mol. The van der Waals surface area contributed by atoms with Crippen LogP contribution in [0.2, 0.25) is 0 Å². The van der Waals surface area contributed by atoms with E-state index in [4.69, 9.17) is 4.42 Å². The Labute approximate surface area is 144 Å². The molecule has 25 heavy (non-hydrogen) atoms. The lowest BCUT2D eigenvalue weighted by molar-refractivity contribution is 0.394. The lowest BCUT2D eigenvalue weighted by atomic mass is 10.3. The quantitative estimate of drug-likeness (QED) is 0.694. The molecule has 0 spiro atoms. The van der Waals surface area contributed by atoms with Gasteiger partial charge >= 0.3 is 5.76 Å². The molecule has 0 radical (unpaired) electrons. The standard InChI is InChI=1S/C17H17N3O4S/c1-19-15-8-7-14(10-16(15)24-17(19)21)25(22,23)20(13-5-6-13)11-12-4-2-3-9-18-12/h2-4,7-10,13H,5-6,11H2,1H3. The molecule has 2 heterocycles. The fourth-order valence-corrected chi connectivity index (χ4v) is 4.51. The third kappa shape index (κ3) is 2.87. The first-order valence-corrected chi connectivity index (χ1v) is 9.42. The number of hydrogen-bond donors (Lipinski definition) is 0. The molecule has 2 aromatic heterocycles. The molecule has 0 atom stereocenters. The predicted octanol–water partition coefficient (Wildman–Crippen LogP) is 1.88. The molecule has 0 saturated heterocycles. The summed E-state index contributed by atoms with van der Waals surface area (Å²) in [5.41, 5.74) is 1.53. The van der Waals surface area contributed by atoms with E-state index >= 15 is 0 Å². The fraction of sp³-hybridized carbons (Fsp3) is 0.294. The summed E-state index contributed by atoms with van der Waals surface area (Å²) < 4.78 is 34.2. The Hall–Kier alpha value is -2.45. The normalized spacial score (nSPS) is 15.1. The Morgan fingerprint density at radius 2 is 2.08 bits per heavy atom. The molecule has 1 fully saturated rings. The molecule has 1 aromatic carbocycles. The second-order valence-electron chi connectivity index (χ2n) is 6.16. The van der Waals surface area contributed by atoms with Crippen molar-refractivity contribution in [2.45, 2.75) is 30.3 Å². The lowest BCUT2D eigenvalue weighted by Crippen LogP contribution is -2.33. The van der Waals surface area contributed by atoms with Crippen molar-refractivity contribution in [2.24, 2.45) is 7.05 Å². The number of benzene rings is 1. The summed E-state index contributed by atoms with van der Waals surface area (Å²) in [7, 11) is -2.13. The van der Waals surface area contributed by atoms with Crippen molar-refractivity contribution in [3.8, 4) is 0 Å². The molecular weight excluding hydrogens is 342 g/mol. The van der Waals surface area contributed by atoms with Crippen LogP contribution >= 0.6 is 0 Å². The topological polar surface area (TPSA) is 85.4 Å². The van der Waals surface area contributed by atoms with E-state index in [0.29, 0.717) is 11.2 Å². The number of aryl methyl sites for hydroxylation is 1. The van der Waals surface area contributed by atoms with Gasteiger partial charge in [0.25, 0.3) is 0 Å². The summed E-state index contributed by atoms with van der Waals surface area (Å²) in [6, 6.07) is 9.96. The van der Waals surface area contributed by atoms with E-state index in [1.54, 1.807) is 25.4 Å². The van der Waals surface area contributed by atoms with Crippen LogP contribution in [0.5, 0.6) is 0 Å². The molecule has 0 aliphatic heterocycles. The average Bonchev–Trinajstić information content (AvgIpc) is 3.40. The molecule has 1 aliphatic carbocycles. The number of aromatic nitrogens is 2. The molecule has 8 heteroatoms. The Bertz CT molecular complexity index is 1080. The van der Waals surface area contributed by atoms with Crippen LogP contribution in [-0.2, 0) is 23.6 Å². The van der Waals surface area contributed by atoms with Gasteiger partial charge in [-0.05, 0) is 37.1 Å². The van der Waals surface area contributed by atoms with Gasteiger partial charge < -0.3 is 4.42 Å². The number of fused-ring (bicyclic) bond motifs is 1. The first-order chi connectivity index (χ1) is 12.0. The molecule has 1 aliphatic rings. The molecule has 0 N–H and O–H groups in total. The third-order valence-electron chi connectivity index (χ3n) is 4.37. The lowest BCUT2D eigenvalue weighted by Gasteiger charge is -2.21. The van der Waals surface area contributed by atoms with Crippen LogP contribution in [0.3, 0.4) is 0 Å². The fourth-order valence-electron chi connectivity index (χ4n) is 2.83. The van der Waals surface area contributed by atoms with Gasteiger partial charge in [0.2, 0.25) is 10.0 Å². The SMILES string of the molecule is Cn1c(=O)oc2cc(S(=O)(=O)N(Cc3ccccn3)C3CC3)ccc21. The highest BCUT2D eigenvalue weighted by atomic mass is 32.2. The zero-order valence-corrected chi connectivity index (χ0v) is 14.4. The minimum absolute atomic E-state index is 0.00881. The predicted molar refractivity (Wildman–Crippen MR) is 91.4 cm³/mol. The Morgan fingerprint density at radius 3 is 2.76 bits per heavy atom. The van der Waals surface area contributed by atoms with E-state index < -0.39 is 15.8 Å². The summed E-state index contributed by atoms with van der Waals surface area (Å²) in [6.07, 6.45) is 3.33. The molecule has 3 aromatic rings. The van der Waals surface area contributed by atoms with Gasteiger partial charge in [0.1, 0.15) is 0 Å². The van der Waals surface area contributed by atoms with Crippen molar-refractivity contribution < 1.29 is 12.8 Å². The molecule has 130 valence electrons. The van der Waals surface area contributed by atoms with Gasteiger partial charge in [-0.1, -0.05) is 6.07 Å². The minimum atomic E-state index is -3.71. The molecule has 0 unspecified atom stereocenters. The number of oxazole rings is 1. The van der Waals surface area contributed by atoms with Gasteiger partial charge in [-0.25, -0.2) is 13.2 Å². The monoisotopic (exact) mass is 359 g/mol. The van der Waals surface area contributed by atoms with E-state index in [2.05, 4.69) is 4.98 Å². The maximum atomic E-state index is 13.1. The van der Waals surface area contributed by atoms with E-state index in [1.807, 2.05) is 12.1 Å². The molecule has 1 saturated carbocycles. The number of pyridine rings is 1. The van der Waals surface area contributed by atoms with Crippen molar-refractivity contribution in [1.82, 2.24) is 13.9 Å². The molecule has 0 bridgehead atoms. The molecule has 4 rings (SSSR count). The Balaban J connectivity index is 1.74. The van der Waals surface area contributed by atoms with Crippen molar-refractivity contribution >= 4 is 21.1 Å². The van der Waals surface area contributed by atoms with Crippen LogP contribution in [0.4, 0.5) is 0 Å². The highest BCUT2D eigenvalue weighted by Gasteiger charge is 2.38. The van der Waals surface area contributed by atoms with Crippen LogP contribution in [0.1, 0.15) is 18.5 Å². The largest absolute Gasteiger partial charge is 0.419 e. The van der Waals surface area contributed by atoms with E-state index in [-0.39, 0.29) is 23.1 Å². The van der Waals surface area contributed by atoms with E-state index in [9.17, 15) is 13.2 Å². The summed E-state index contributed by atoms with van der Waals surface area (Å²) in [5.74, 6) is -0.517. The summed E-state index contributed by atoms with van der Waals surface area (Å²) in [5, 5.41) is 0. The molecule has 7 nitrogen and oxygen atoms in total. The van der Waals surface area contributed by atoms with Gasteiger partial charge in [-0.15, -0.1) is 0 Å². The van der Waals surface area contributed by atoms with Crippen LogP contribution in [0, 0.1) is 0 Å². The molecule has 0 amide bonds. The summed E-state index contributed by atoms with van der Waals surface area (Å²) in [6.45, 7) is 0.227. The van der Waals surface area contributed by atoms with Gasteiger partial charge in [-0.2, -0.15) is 4.31 Å². The van der Waals surface area contributed by atoms with E-state index in [0.717, 1.165) is 12.8 Å². The highest BCUT2D eigenvalue weighted by Crippen LogP contribution is 2.34. The Morgan fingerprint density at radius 1 is 1.28 bits per heavy atom. The number of rotatable bonds is 5. The van der Waals surface area contributed by atoms with Gasteiger partial charge in [0.05, 0.1) is 22.7 Å². The maximum absolute atomic E-state index is 13.1. The second-order valence-corrected chi connectivity index (χ2v) is 8.05. The second kappa shape index (κ2) is 5.82. The third-order valence-corrected chi connectivity index (χ3v) is 6.26. The minimum Gasteiger partial charge on any atom is -0.408 e. The molecular formula is C17H17N3O4S. The van der Waals surface area contributed by atoms with Gasteiger partial charge in [0, 0.05) is 25.4 Å². The van der Waals surface area contributed by atoms with Gasteiger partial charge in [0.15, 0.2) is 5.58 Å². The van der Waals surface area contributed by atoms with Crippen molar-refractivity contribution in [3.63, 3.8) is 0 Å². The smallest absolute Gasteiger partial charge is 0.408 e. The summed E-state index contributed by atoms with van der Waals surface area (Å²) >= 11 is 0. The van der Waals surface area contributed by atoms with Crippen LogP contribution < -0.4 is 5.76 Å². The zero-order valence-electron chi connectivity index (χ0n) is 13.6. The van der Waals surface area contributed by atoms with Crippen molar-refractivity contribution in [2.75, 3.05) is 0 Å². The first-order valence-electron chi connectivity index (χ1n) is 7.98. The van der Waals surface area contributed by atoms with E-state index in [1.165, 1.54) is 21.0 Å². The van der Waals surface area contributed by atoms with Crippen LogP contribution in [0.25, 0.3) is 11.1 Å². The van der Waals surface area contributed by atoms with Crippen molar-refractivity contribution in [3.05, 3.63) is 58.8 Å². The van der Waals surface area contributed by atoms with Crippen LogP contribution in [-0.4, -0.2) is 28.3 Å². The number of sulfonamides is 1. The van der Waals surface area contributed by atoms with Crippen molar-refractivity contribution in [1.29, 1.82) is 0 Å². The number of nitrogens with zero attached hydrogens (tertiary/aromatic N) is 3. The summed E-state index contributed by atoms with van der Waals surface area (Å²) in [4.78, 5) is 16.0. The van der Waals surface area contributed by atoms with Crippen LogP contribution in [0.15, 0.2) is 56.7 Å². The van der Waals surface area contributed by atoms with Gasteiger partial charge in [-0.3, -0.25) is 9.55 Å². The maximum Gasteiger partial charge on any atom is 0.419 e. The highest BCUT2D eigenvalue weighted by molar-refractivity contribution is 7.89. The first kappa shape index (κ1) is 16.0. The Kier molecular flexibility index (Phi) is 3.73. The zero-order chi connectivity index (χ0) is 17.6. The number of hydrogen-bond acceptors (Lipinski definition) is 5.